The molecule has 1 amide bonds. The quantitative estimate of drug-likeness (QED) is 0.820. The van der Waals surface area contributed by atoms with Crippen molar-refractivity contribution in [3.8, 4) is 0 Å². The van der Waals surface area contributed by atoms with Gasteiger partial charge in [0.15, 0.2) is 0 Å². The average molecular weight is 256 g/mol. The molecule has 2 heterocycles. The van der Waals surface area contributed by atoms with E-state index in [-0.39, 0.29) is 5.91 Å². The number of carbonyl (C=O) groups excluding carboxylic acids is 1. The number of amides is 1. The van der Waals surface area contributed by atoms with E-state index in [4.69, 9.17) is 0 Å². The van der Waals surface area contributed by atoms with E-state index in [1.807, 2.05) is 22.6 Å². The summed E-state index contributed by atoms with van der Waals surface area (Å²) >= 11 is 3.20. The summed E-state index contributed by atoms with van der Waals surface area (Å²) in [7, 11) is 0. The third-order valence-electron chi connectivity index (χ3n) is 2.67. The van der Waals surface area contributed by atoms with Gasteiger partial charge in [-0.2, -0.15) is 0 Å². The second-order valence-corrected chi connectivity index (χ2v) is 5.48. The van der Waals surface area contributed by atoms with Crippen molar-refractivity contribution in [3.63, 3.8) is 0 Å². The molecule has 3 nitrogen and oxygen atoms in total. The molecule has 0 aromatic carbocycles. The molecule has 88 valence electrons. The van der Waals surface area contributed by atoms with Crippen LogP contribution in [-0.2, 0) is 0 Å². The van der Waals surface area contributed by atoms with Crippen LogP contribution in [0.5, 0.6) is 0 Å². The molecule has 2 rings (SSSR count). The zero-order valence-corrected chi connectivity index (χ0v) is 11.0. The first-order valence-corrected chi connectivity index (χ1v) is 7.55. The molecule has 1 fully saturated rings. The molecule has 0 saturated carbocycles. The molecule has 1 aliphatic heterocycles. The number of nitrogens with zero attached hydrogens (tertiary/aromatic N) is 1. The van der Waals surface area contributed by atoms with E-state index in [1.54, 1.807) is 23.1 Å². The molecule has 0 radical (unpaired) electrons. The Morgan fingerprint density at radius 3 is 3.19 bits per heavy atom. The average Bonchev–Trinajstić information content (AvgIpc) is 2.61. The lowest BCUT2D eigenvalue weighted by atomic mass is 10.3. The zero-order valence-electron chi connectivity index (χ0n) is 9.36. The lowest BCUT2D eigenvalue weighted by molar-refractivity contribution is 0.0768. The Balaban J connectivity index is 2.11. The van der Waals surface area contributed by atoms with Crippen LogP contribution in [0.25, 0.3) is 0 Å². The SMILES string of the molecule is CSc1ccsc1C(=O)N1CCCNCC1. The molecule has 16 heavy (non-hydrogen) atoms. The second-order valence-electron chi connectivity index (χ2n) is 3.71. The molecular weight excluding hydrogens is 240 g/mol. The molecule has 1 aromatic heterocycles. The third kappa shape index (κ3) is 2.59. The van der Waals surface area contributed by atoms with E-state index in [1.165, 1.54) is 0 Å². The summed E-state index contributed by atoms with van der Waals surface area (Å²) in [5, 5.41) is 5.31. The molecule has 5 heteroatoms. The highest BCUT2D eigenvalue weighted by atomic mass is 32.2. The highest BCUT2D eigenvalue weighted by Gasteiger charge is 2.20. The lowest BCUT2D eigenvalue weighted by Crippen LogP contribution is -2.33. The fourth-order valence-corrected chi connectivity index (χ4v) is 3.52. The van der Waals surface area contributed by atoms with Gasteiger partial charge >= 0.3 is 0 Å². The molecule has 0 aliphatic carbocycles. The smallest absolute Gasteiger partial charge is 0.265 e. The van der Waals surface area contributed by atoms with Gasteiger partial charge in [-0.25, -0.2) is 0 Å². The van der Waals surface area contributed by atoms with E-state index in [0.717, 1.165) is 42.4 Å². The first-order valence-electron chi connectivity index (χ1n) is 5.44. The third-order valence-corrected chi connectivity index (χ3v) is 4.48. The summed E-state index contributed by atoms with van der Waals surface area (Å²) in [4.78, 5) is 16.3. The Hall–Kier alpha value is -0.520. The first-order chi connectivity index (χ1) is 7.83. The van der Waals surface area contributed by atoms with Crippen LogP contribution in [0.15, 0.2) is 16.3 Å². The Labute approximate surface area is 104 Å². The molecule has 1 N–H and O–H groups in total. The number of rotatable bonds is 2. The maximum absolute atomic E-state index is 12.3. The van der Waals surface area contributed by atoms with Gasteiger partial charge in [-0.15, -0.1) is 23.1 Å². The number of thiophene rings is 1. The minimum atomic E-state index is 0.197. The Bertz CT molecular complexity index is 357. The van der Waals surface area contributed by atoms with E-state index in [0.29, 0.717) is 0 Å². The van der Waals surface area contributed by atoms with Crippen LogP contribution in [-0.4, -0.2) is 43.2 Å². The molecule has 1 aromatic rings. The van der Waals surface area contributed by atoms with Crippen molar-refractivity contribution in [3.05, 3.63) is 16.3 Å². The van der Waals surface area contributed by atoms with Crippen LogP contribution >= 0.6 is 23.1 Å². The Morgan fingerprint density at radius 2 is 2.38 bits per heavy atom. The van der Waals surface area contributed by atoms with Crippen molar-refractivity contribution in [2.24, 2.45) is 0 Å². The molecule has 1 saturated heterocycles. The predicted molar refractivity (Wildman–Crippen MR) is 69.5 cm³/mol. The van der Waals surface area contributed by atoms with Crippen molar-refractivity contribution in [2.45, 2.75) is 11.3 Å². The molecule has 0 spiro atoms. The fraction of sp³-hybridized carbons (Fsp3) is 0.545. The summed E-state index contributed by atoms with van der Waals surface area (Å²) < 4.78 is 0. The van der Waals surface area contributed by atoms with Gasteiger partial charge in [0.25, 0.3) is 5.91 Å². The summed E-state index contributed by atoms with van der Waals surface area (Å²) in [6.45, 7) is 3.62. The molecule has 1 aliphatic rings. The highest BCUT2D eigenvalue weighted by molar-refractivity contribution is 7.98. The van der Waals surface area contributed by atoms with Crippen LogP contribution < -0.4 is 5.32 Å². The maximum Gasteiger partial charge on any atom is 0.265 e. The van der Waals surface area contributed by atoms with Crippen LogP contribution in [0, 0.1) is 0 Å². The van der Waals surface area contributed by atoms with Gasteiger partial charge in [-0.3, -0.25) is 4.79 Å². The number of thioether (sulfide) groups is 1. The van der Waals surface area contributed by atoms with Crippen molar-refractivity contribution in [1.82, 2.24) is 10.2 Å². The van der Waals surface area contributed by atoms with E-state index in [9.17, 15) is 4.79 Å². The van der Waals surface area contributed by atoms with E-state index >= 15 is 0 Å². The van der Waals surface area contributed by atoms with Crippen molar-refractivity contribution in [2.75, 3.05) is 32.4 Å². The van der Waals surface area contributed by atoms with E-state index < -0.39 is 0 Å². The van der Waals surface area contributed by atoms with Gasteiger partial charge in [0.05, 0.1) is 0 Å². The van der Waals surface area contributed by atoms with Crippen LogP contribution in [0.2, 0.25) is 0 Å². The minimum absolute atomic E-state index is 0.197. The number of carbonyl (C=O) groups is 1. The molecule has 0 unspecified atom stereocenters. The molecule has 0 bridgehead atoms. The van der Waals surface area contributed by atoms with Gasteiger partial charge in [0, 0.05) is 24.5 Å². The van der Waals surface area contributed by atoms with Crippen LogP contribution in [0.3, 0.4) is 0 Å². The fourth-order valence-electron chi connectivity index (χ4n) is 1.81. The molecule has 0 atom stereocenters. The summed E-state index contributed by atoms with van der Waals surface area (Å²) in [5.74, 6) is 0.197. The molecular formula is C11H16N2OS2. The van der Waals surface area contributed by atoms with Crippen molar-refractivity contribution < 1.29 is 4.79 Å². The number of hydrogen-bond acceptors (Lipinski definition) is 4. The van der Waals surface area contributed by atoms with Gasteiger partial charge in [0.2, 0.25) is 0 Å². The monoisotopic (exact) mass is 256 g/mol. The Morgan fingerprint density at radius 1 is 1.50 bits per heavy atom. The van der Waals surface area contributed by atoms with Crippen molar-refractivity contribution >= 4 is 29.0 Å². The minimum Gasteiger partial charge on any atom is -0.337 e. The van der Waals surface area contributed by atoms with Gasteiger partial charge < -0.3 is 10.2 Å². The topological polar surface area (TPSA) is 32.3 Å². The standard InChI is InChI=1S/C11H16N2OS2/c1-15-9-3-8-16-10(9)11(14)13-6-2-4-12-5-7-13/h3,8,12H,2,4-7H2,1H3. The number of hydrogen-bond donors (Lipinski definition) is 1. The predicted octanol–water partition coefficient (Wildman–Crippen LogP) is 1.91. The van der Waals surface area contributed by atoms with Gasteiger partial charge in [-0.05, 0) is 30.7 Å². The second kappa shape index (κ2) is 5.70. The summed E-state index contributed by atoms with van der Waals surface area (Å²) in [6.07, 6.45) is 3.06. The summed E-state index contributed by atoms with van der Waals surface area (Å²) in [6, 6.07) is 2.03. The number of nitrogens with one attached hydrogen (secondary N) is 1. The van der Waals surface area contributed by atoms with E-state index in [2.05, 4.69) is 5.32 Å². The lowest BCUT2D eigenvalue weighted by Gasteiger charge is -2.19. The maximum atomic E-state index is 12.3. The van der Waals surface area contributed by atoms with Crippen LogP contribution in [0.1, 0.15) is 16.1 Å². The normalized spacial score (nSPS) is 17.2. The zero-order chi connectivity index (χ0) is 11.4. The van der Waals surface area contributed by atoms with Crippen molar-refractivity contribution in [1.29, 1.82) is 0 Å². The highest BCUT2D eigenvalue weighted by Crippen LogP contribution is 2.26. The summed E-state index contributed by atoms with van der Waals surface area (Å²) in [5.41, 5.74) is 0. The van der Waals surface area contributed by atoms with Crippen LogP contribution in [0.4, 0.5) is 0 Å². The van der Waals surface area contributed by atoms with Gasteiger partial charge in [-0.1, -0.05) is 0 Å². The van der Waals surface area contributed by atoms with Gasteiger partial charge in [0.1, 0.15) is 4.88 Å². The first kappa shape index (κ1) is 12.0. The Kier molecular flexibility index (Phi) is 4.26. The largest absolute Gasteiger partial charge is 0.337 e.